The third-order valence-corrected chi connectivity index (χ3v) is 5.96. The van der Waals surface area contributed by atoms with E-state index in [0.717, 1.165) is 11.3 Å². The molecule has 0 amide bonds. The van der Waals surface area contributed by atoms with Crippen molar-refractivity contribution in [2.24, 2.45) is 16.7 Å². The Labute approximate surface area is 94.1 Å². The van der Waals surface area contributed by atoms with Crippen molar-refractivity contribution in [3.63, 3.8) is 0 Å². The van der Waals surface area contributed by atoms with Crippen LogP contribution >= 0.6 is 0 Å². The fraction of sp³-hybridized carbons (Fsp3) is 0.867. The predicted octanol–water partition coefficient (Wildman–Crippen LogP) is 4.70. The number of allylic oxidation sites excluding steroid dienone is 2. The van der Waals surface area contributed by atoms with Gasteiger partial charge in [0.15, 0.2) is 0 Å². The smallest absolute Gasteiger partial charge is 0.0238 e. The first-order valence-electron chi connectivity index (χ1n) is 6.82. The van der Waals surface area contributed by atoms with Gasteiger partial charge in [0.1, 0.15) is 0 Å². The summed E-state index contributed by atoms with van der Waals surface area (Å²) in [5, 5.41) is 0. The second kappa shape index (κ2) is 3.12. The van der Waals surface area contributed by atoms with Gasteiger partial charge in [-0.25, -0.2) is 0 Å². The van der Waals surface area contributed by atoms with Crippen LogP contribution in [0.2, 0.25) is 0 Å². The third kappa shape index (κ3) is 1.33. The van der Waals surface area contributed by atoms with E-state index in [2.05, 4.69) is 19.9 Å². The molecule has 84 valence electrons. The molecule has 15 heavy (non-hydrogen) atoms. The van der Waals surface area contributed by atoms with Crippen molar-refractivity contribution in [3.8, 4) is 0 Å². The normalized spacial score (nSPS) is 43.1. The quantitative estimate of drug-likeness (QED) is 0.543. The SMILES string of the molecule is CC1=CCC(C2(C)CCCC23CC3)CC1. The lowest BCUT2D eigenvalue weighted by Crippen LogP contribution is -2.33. The molecule has 0 N–H and O–H groups in total. The molecule has 3 aliphatic carbocycles. The molecule has 3 aliphatic rings. The van der Waals surface area contributed by atoms with Crippen LogP contribution in [0.25, 0.3) is 0 Å². The summed E-state index contributed by atoms with van der Waals surface area (Å²) in [6, 6.07) is 0. The molecule has 0 aromatic heterocycles. The van der Waals surface area contributed by atoms with Crippen molar-refractivity contribution in [1.82, 2.24) is 0 Å². The van der Waals surface area contributed by atoms with Gasteiger partial charge in [-0.05, 0) is 68.6 Å². The monoisotopic (exact) mass is 204 g/mol. The Hall–Kier alpha value is -0.260. The van der Waals surface area contributed by atoms with Crippen LogP contribution in [-0.4, -0.2) is 0 Å². The molecule has 0 aromatic rings. The molecule has 0 bridgehead atoms. The molecular weight excluding hydrogens is 180 g/mol. The fourth-order valence-electron chi connectivity index (χ4n) is 4.50. The van der Waals surface area contributed by atoms with Crippen LogP contribution in [0.5, 0.6) is 0 Å². The highest BCUT2D eigenvalue weighted by Crippen LogP contribution is 2.71. The van der Waals surface area contributed by atoms with Crippen molar-refractivity contribution in [3.05, 3.63) is 11.6 Å². The summed E-state index contributed by atoms with van der Waals surface area (Å²) in [4.78, 5) is 0. The minimum absolute atomic E-state index is 0.712. The van der Waals surface area contributed by atoms with E-state index in [9.17, 15) is 0 Å². The summed E-state index contributed by atoms with van der Waals surface area (Å²) in [6.07, 6.45) is 14.4. The van der Waals surface area contributed by atoms with Crippen LogP contribution < -0.4 is 0 Å². The number of hydrogen-bond donors (Lipinski definition) is 0. The lowest BCUT2D eigenvalue weighted by molar-refractivity contribution is 0.0949. The highest BCUT2D eigenvalue weighted by Gasteiger charge is 2.61. The number of rotatable bonds is 1. The first-order valence-corrected chi connectivity index (χ1v) is 6.82. The lowest BCUT2D eigenvalue weighted by Gasteiger charge is -2.41. The van der Waals surface area contributed by atoms with Crippen LogP contribution in [0, 0.1) is 16.7 Å². The van der Waals surface area contributed by atoms with Gasteiger partial charge in [-0.3, -0.25) is 0 Å². The molecule has 0 heteroatoms. The van der Waals surface area contributed by atoms with E-state index in [4.69, 9.17) is 0 Å². The highest BCUT2D eigenvalue weighted by molar-refractivity contribution is 5.14. The first kappa shape index (κ1) is 9.93. The van der Waals surface area contributed by atoms with Crippen LogP contribution in [0.1, 0.15) is 65.2 Å². The molecule has 0 aliphatic heterocycles. The van der Waals surface area contributed by atoms with E-state index in [0.29, 0.717) is 5.41 Å². The Bertz CT molecular complexity index is 295. The Balaban J connectivity index is 1.81. The summed E-state index contributed by atoms with van der Waals surface area (Å²) < 4.78 is 0. The van der Waals surface area contributed by atoms with Gasteiger partial charge in [0.25, 0.3) is 0 Å². The molecule has 0 radical (unpaired) electrons. The fourth-order valence-corrected chi connectivity index (χ4v) is 4.50. The predicted molar refractivity (Wildman–Crippen MR) is 64.7 cm³/mol. The van der Waals surface area contributed by atoms with Gasteiger partial charge in [0, 0.05) is 0 Å². The summed E-state index contributed by atoms with van der Waals surface area (Å²) in [5.41, 5.74) is 3.17. The molecule has 0 saturated heterocycles. The molecule has 1 spiro atoms. The Morgan fingerprint density at radius 3 is 2.60 bits per heavy atom. The Kier molecular flexibility index (Phi) is 2.06. The van der Waals surface area contributed by atoms with Crippen LogP contribution in [0.4, 0.5) is 0 Å². The Morgan fingerprint density at radius 1 is 1.20 bits per heavy atom. The van der Waals surface area contributed by atoms with E-state index >= 15 is 0 Å². The zero-order valence-electron chi connectivity index (χ0n) is 10.3. The molecule has 0 heterocycles. The second-order valence-electron chi connectivity index (χ2n) is 6.57. The number of hydrogen-bond acceptors (Lipinski definition) is 0. The van der Waals surface area contributed by atoms with Crippen LogP contribution in [0.15, 0.2) is 11.6 Å². The van der Waals surface area contributed by atoms with E-state index in [1.807, 2.05) is 0 Å². The van der Waals surface area contributed by atoms with Crippen molar-refractivity contribution < 1.29 is 0 Å². The molecule has 2 unspecified atom stereocenters. The van der Waals surface area contributed by atoms with E-state index < -0.39 is 0 Å². The first-order chi connectivity index (χ1) is 7.16. The molecule has 2 atom stereocenters. The second-order valence-corrected chi connectivity index (χ2v) is 6.57. The zero-order valence-corrected chi connectivity index (χ0v) is 10.3. The molecular formula is C15H24. The van der Waals surface area contributed by atoms with Gasteiger partial charge in [0.2, 0.25) is 0 Å². The largest absolute Gasteiger partial charge is 0.0853 e. The average molecular weight is 204 g/mol. The third-order valence-electron chi connectivity index (χ3n) is 5.96. The summed E-state index contributed by atoms with van der Waals surface area (Å²) in [6.45, 7) is 4.92. The van der Waals surface area contributed by atoms with E-state index in [-0.39, 0.29) is 0 Å². The molecule has 0 aromatic carbocycles. The van der Waals surface area contributed by atoms with E-state index in [1.165, 1.54) is 32.1 Å². The van der Waals surface area contributed by atoms with Crippen molar-refractivity contribution in [2.45, 2.75) is 65.2 Å². The zero-order chi connectivity index (χ0) is 10.5. The van der Waals surface area contributed by atoms with Crippen molar-refractivity contribution in [1.29, 1.82) is 0 Å². The van der Waals surface area contributed by atoms with Gasteiger partial charge in [-0.2, -0.15) is 0 Å². The molecule has 2 fully saturated rings. The minimum atomic E-state index is 0.712. The van der Waals surface area contributed by atoms with Crippen molar-refractivity contribution >= 4 is 0 Å². The maximum Gasteiger partial charge on any atom is -0.0238 e. The van der Waals surface area contributed by atoms with Crippen LogP contribution in [-0.2, 0) is 0 Å². The molecule has 3 rings (SSSR count). The standard InChI is InChI=1S/C15H24/c1-12-4-6-13(7-5-12)14(2)8-3-9-15(14)10-11-15/h4,13H,3,5-11H2,1-2H3. The lowest BCUT2D eigenvalue weighted by atomic mass is 9.63. The summed E-state index contributed by atoms with van der Waals surface area (Å²) in [5.74, 6) is 1.01. The van der Waals surface area contributed by atoms with E-state index in [1.54, 1.807) is 24.8 Å². The van der Waals surface area contributed by atoms with Gasteiger partial charge < -0.3 is 0 Å². The maximum atomic E-state index is 2.62. The topological polar surface area (TPSA) is 0 Å². The molecule has 2 saturated carbocycles. The highest BCUT2D eigenvalue weighted by atomic mass is 14.7. The summed E-state index contributed by atoms with van der Waals surface area (Å²) in [7, 11) is 0. The molecule has 0 nitrogen and oxygen atoms in total. The van der Waals surface area contributed by atoms with Crippen LogP contribution in [0.3, 0.4) is 0 Å². The average Bonchev–Trinajstić information content (AvgIpc) is 2.92. The Morgan fingerprint density at radius 2 is 2.00 bits per heavy atom. The van der Waals surface area contributed by atoms with Gasteiger partial charge >= 0.3 is 0 Å². The summed E-state index contributed by atoms with van der Waals surface area (Å²) >= 11 is 0. The van der Waals surface area contributed by atoms with Gasteiger partial charge in [-0.15, -0.1) is 0 Å². The maximum absolute atomic E-state index is 2.62. The van der Waals surface area contributed by atoms with Gasteiger partial charge in [-0.1, -0.05) is 25.0 Å². The minimum Gasteiger partial charge on any atom is -0.0853 e. The van der Waals surface area contributed by atoms with Crippen molar-refractivity contribution in [2.75, 3.05) is 0 Å². The van der Waals surface area contributed by atoms with Gasteiger partial charge in [0.05, 0.1) is 0 Å².